The minimum Gasteiger partial charge on any atom is -0.386 e. The predicted octanol–water partition coefficient (Wildman–Crippen LogP) is 4.10. The number of thiophene rings is 1. The lowest BCUT2D eigenvalue weighted by atomic mass is 10.0. The number of hydrogen-bond acceptors (Lipinski definition) is 5. The summed E-state index contributed by atoms with van der Waals surface area (Å²) in [5.74, 6) is 0.745. The summed E-state index contributed by atoms with van der Waals surface area (Å²) >= 11 is 9.14. The van der Waals surface area contributed by atoms with Crippen molar-refractivity contribution in [3.05, 3.63) is 36.9 Å². The highest BCUT2D eigenvalue weighted by Gasteiger charge is 2.17. The molecule has 26 heavy (non-hydrogen) atoms. The van der Waals surface area contributed by atoms with Crippen LogP contribution >= 0.6 is 58.3 Å². The number of fused-ring (bicyclic) bond motifs is 1. The number of nitrogens with zero attached hydrogens (tertiary/aromatic N) is 3. The maximum absolute atomic E-state index is 10.3. The maximum atomic E-state index is 10.3. The van der Waals surface area contributed by atoms with E-state index in [1.807, 2.05) is 29.4 Å². The summed E-state index contributed by atoms with van der Waals surface area (Å²) in [6.07, 6.45) is 4.20. The molecule has 2 N–H and O–H groups in total. The first-order chi connectivity index (χ1) is 12.1. The van der Waals surface area contributed by atoms with E-state index < -0.39 is 6.10 Å². The number of aliphatic hydroxyl groups excluding tert-OH is 1. The first kappa shape index (κ1) is 21.9. The molecule has 144 valence electrons. The first-order valence-corrected chi connectivity index (χ1v) is 10.4. The molecule has 9 heteroatoms. The van der Waals surface area contributed by atoms with Crippen molar-refractivity contribution in [1.29, 1.82) is 0 Å². The molecular weight excluding hydrogens is 503 g/mol. The Morgan fingerprint density at radius 2 is 2.15 bits per heavy atom. The second-order valence-electron chi connectivity index (χ2n) is 6.13. The predicted molar refractivity (Wildman–Crippen MR) is 121 cm³/mol. The van der Waals surface area contributed by atoms with Gasteiger partial charge in [0.15, 0.2) is 5.96 Å². The van der Waals surface area contributed by atoms with Crippen molar-refractivity contribution in [1.82, 2.24) is 15.2 Å². The minimum absolute atomic E-state index is 0. The van der Waals surface area contributed by atoms with Gasteiger partial charge in [-0.3, -0.25) is 4.99 Å². The zero-order valence-electron chi connectivity index (χ0n) is 14.9. The topological polar surface area (TPSA) is 60.8 Å². The molecule has 3 rings (SSSR count). The highest BCUT2D eigenvalue weighted by atomic mass is 127. The molecule has 1 atom stereocenters. The number of aryl methyl sites for hydroxylation is 2. The maximum Gasteiger partial charge on any atom is 0.193 e. The van der Waals surface area contributed by atoms with Crippen molar-refractivity contribution in [3.63, 3.8) is 0 Å². The van der Waals surface area contributed by atoms with E-state index in [2.05, 4.69) is 10.3 Å². The molecule has 0 aliphatic heterocycles. The Hall–Kier alpha value is -0.420. The van der Waals surface area contributed by atoms with Gasteiger partial charge in [0, 0.05) is 30.4 Å². The lowest BCUT2D eigenvalue weighted by Crippen LogP contribution is -2.40. The Balaban J connectivity index is 0.00000243. The van der Waals surface area contributed by atoms with Crippen LogP contribution in [0.25, 0.3) is 0 Å². The van der Waals surface area contributed by atoms with Crippen LogP contribution in [0.4, 0.5) is 0 Å². The summed E-state index contributed by atoms with van der Waals surface area (Å²) < 4.78 is 0.684. The van der Waals surface area contributed by atoms with Crippen LogP contribution in [-0.4, -0.2) is 41.6 Å². The minimum atomic E-state index is -0.602. The van der Waals surface area contributed by atoms with Gasteiger partial charge in [-0.2, -0.15) is 0 Å². The van der Waals surface area contributed by atoms with Crippen LogP contribution in [0, 0.1) is 0 Å². The van der Waals surface area contributed by atoms with Crippen molar-refractivity contribution in [3.8, 4) is 0 Å². The zero-order chi connectivity index (χ0) is 17.8. The van der Waals surface area contributed by atoms with Crippen molar-refractivity contribution >= 4 is 64.2 Å². The molecular formula is C17H24ClIN4OS2. The first-order valence-electron chi connectivity index (χ1n) is 8.39. The summed E-state index contributed by atoms with van der Waals surface area (Å²) in [5, 5.41) is 14.6. The highest BCUT2D eigenvalue weighted by molar-refractivity contribution is 14.0. The van der Waals surface area contributed by atoms with Crippen LogP contribution in [0.15, 0.2) is 17.1 Å². The Morgan fingerprint density at radius 1 is 1.38 bits per heavy atom. The van der Waals surface area contributed by atoms with Gasteiger partial charge in [0.25, 0.3) is 0 Å². The van der Waals surface area contributed by atoms with Gasteiger partial charge in [0.1, 0.15) is 11.1 Å². The summed E-state index contributed by atoms with van der Waals surface area (Å²) in [6.45, 7) is 1.11. The number of nitrogens with one attached hydrogen (secondary N) is 1. The number of aromatic nitrogens is 1. The molecule has 2 aromatic heterocycles. The van der Waals surface area contributed by atoms with Gasteiger partial charge >= 0.3 is 0 Å². The number of aliphatic hydroxyl groups is 1. The van der Waals surface area contributed by atoms with Crippen LogP contribution in [0.1, 0.15) is 39.4 Å². The van der Waals surface area contributed by atoms with Crippen LogP contribution in [-0.2, 0) is 19.4 Å². The molecule has 1 unspecified atom stereocenters. The van der Waals surface area contributed by atoms with Crippen LogP contribution in [0.5, 0.6) is 0 Å². The lowest BCUT2D eigenvalue weighted by molar-refractivity contribution is 0.183. The van der Waals surface area contributed by atoms with Gasteiger partial charge < -0.3 is 15.3 Å². The second-order valence-corrected chi connectivity index (χ2v) is 9.04. The Kier molecular flexibility index (Phi) is 8.59. The molecule has 2 aromatic rings. The van der Waals surface area contributed by atoms with Crippen molar-refractivity contribution < 1.29 is 5.11 Å². The van der Waals surface area contributed by atoms with Gasteiger partial charge in [-0.25, -0.2) is 4.98 Å². The fourth-order valence-corrected chi connectivity index (χ4v) is 5.19. The molecule has 0 spiro atoms. The number of halogens is 2. The molecule has 0 aromatic carbocycles. The normalized spacial score (nSPS) is 15.2. The molecule has 0 saturated heterocycles. The number of thiazole rings is 1. The second kappa shape index (κ2) is 10.2. The van der Waals surface area contributed by atoms with Crippen LogP contribution in [0.2, 0.25) is 4.34 Å². The molecule has 1 aliphatic rings. The van der Waals surface area contributed by atoms with Crippen LogP contribution < -0.4 is 5.32 Å². The van der Waals surface area contributed by atoms with Gasteiger partial charge in [0.05, 0.1) is 16.6 Å². The van der Waals surface area contributed by atoms with E-state index in [-0.39, 0.29) is 24.0 Å². The van der Waals surface area contributed by atoms with Gasteiger partial charge in [-0.1, -0.05) is 11.6 Å². The van der Waals surface area contributed by atoms with Gasteiger partial charge in [0.2, 0.25) is 0 Å². The van der Waals surface area contributed by atoms with E-state index in [9.17, 15) is 5.11 Å². The molecule has 0 saturated carbocycles. The molecule has 0 fully saturated rings. The Bertz CT molecular complexity index is 725. The van der Waals surface area contributed by atoms with E-state index in [1.165, 1.54) is 41.2 Å². The van der Waals surface area contributed by atoms with Gasteiger partial charge in [-0.15, -0.1) is 46.7 Å². The fourth-order valence-electron chi connectivity index (χ4n) is 2.93. The Morgan fingerprint density at radius 3 is 2.81 bits per heavy atom. The molecule has 0 radical (unpaired) electrons. The lowest BCUT2D eigenvalue weighted by Gasteiger charge is -2.22. The van der Waals surface area contributed by atoms with E-state index in [0.717, 1.165) is 28.8 Å². The number of hydrogen-bond donors (Lipinski definition) is 2. The number of rotatable bonds is 5. The van der Waals surface area contributed by atoms with E-state index in [1.54, 1.807) is 13.1 Å². The van der Waals surface area contributed by atoms with Gasteiger partial charge in [-0.05, 0) is 37.8 Å². The average Bonchev–Trinajstić information content (AvgIpc) is 3.20. The Labute approximate surface area is 184 Å². The number of guanidine groups is 1. The highest BCUT2D eigenvalue weighted by Crippen LogP contribution is 2.28. The quantitative estimate of drug-likeness (QED) is 0.350. The average molecular weight is 527 g/mol. The monoisotopic (exact) mass is 526 g/mol. The summed E-state index contributed by atoms with van der Waals surface area (Å²) in [6, 6.07) is 3.65. The third-order valence-corrected chi connectivity index (χ3v) is 6.69. The molecule has 2 heterocycles. The molecule has 0 amide bonds. The standard InChI is InChI=1S/C17H23ClN4OS2.HI/c1-19-17(20-9-12(23)14-7-8-15(18)24-14)22(2)10-16-21-11-5-3-4-6-13(11)25-16;/h7-8,12,23H,3-6,9-10H2,1-2H3,(H,19,20);1H. The summed E-state index contributed by atoms with van der Waals surface area (Å²) in [4.78, 5) is 13.4. The SMILES string of the molecule is CN=C(NCC(O)c1ccc(Cl)s1)N(C)Cc1nc2c(s1)CCCC2.I. The van der Waals surface area contributed by atoms with E-state index in [4.69, 9.17) is 16.6 Å². The zero-order valence-corrected chi connectivity index (χ0v) is 19.6. The molecule has 1 aliphatic carbocycles. The number of aliphatic imine (C=N–C) groups is 1. The largest absolute Gasteiger partial charge is 0.386 e. The van der Waals surface area contributed by atoms with E-state index in [0.29, 0.717) is 10.9 Å². The fraction of sp³-hybridized carbons (Fsp3) is 0.529. The third-order valence-electron chi connectivity index (χ3n) is 4.21. The molecule has 5 nitrogen and oxygen atoms in total. The van der Waals surface area contributed by atoms with Crippen LogP contribution in [0.3, 0.4) is 0 Å². The summed E-state index contributed by atoms with van der Waals surface area (Å²) in [5.41, 5.74) is 1.28. The third kappa shape index (κ3) is 5.54. The molecule has 0 bridgehead atoms. The van der Waals surface area contributed by atoms with Crippen molar-refractivity contribution in [2.75, 3.05) is 20.6 Å². The smallest absolute Gasteiger partial charge is 0.193 e. The summed E-state index contributed by atoms with van der Waals surface area (Å²) in [7, 11) is 3.74. The van der Waals surface area contributed by atoms with E-state index >= 15 is 0 Å². The van der Waals surface area contributed by atoms with Crippen molar-refractivity contribution in [2.45, 2.75) is 38.3 Å². The van der Waals surface area contributed by atoms with Crippen molar-refractivity contribution in [2.24, 2.45) is 4.99 Å².